The highest BCUT2D eigenvalue weighted by Crippen LogP contribution is 2.38. The van der Waals surface area contributed by atoms with Gasteiger partial charge in [0.15, 0.2) is 11.5 Å². The van der Waals surface area contributed by atoms with E-state index in [1.807, 2.05) is 31.2 Å². The van der Waals surface area contributed by atoms with Gasteiger partial charge in [-0.05, 0) is 67.4 Å². The van der Waals surface area contributed by atoms with E-state index in [4.69, 9.17) is 21.7 Å². The molecule has 3 heterocycles. The number of piperidine rings is 1. The molecule has 4 rings (SSSR count). The van der Waals surface area contributed by atoms with Crippen molar-refractivity contribution in [2.75, 3.05) is 38.8 Å². The van der Waals surface area contributed by atoms with Gasteiger partial charge in [0.1, 0.15) is 21.8 Å². The highest BCUT2D eigenvalue weighted by atomic mass is 32.2. The summed E-state index contributed by atoms with van der Waals surface area (Å²) < 4.78 is 13.0. The lowest BCUT2D eigenvalue weighted by Crippen LogP contribution is -2.43. The van der Waals surface area contributed by atoms with E-state index in [2.05, 4.69) is 31.7 Å². The first-order valence-electron chi connectivity index (χ1n) is 14.5. The SMILES string of the molecule is CCCCn1c(N2CC(C)CC(C)C2)c(/C=C2/SC(=S)N(CCc3ccc(OC)c(OC)c3)C2=O)c(C)c(C#N)c1=O. The number of unbranched alkanes of at least 4 members (excludes halogenated alkanes) is 1. The molecule has 2 atom stereocenters. The Balaban J connectivity index is 1.73. The Morgan fingerprint density at radius 2 is 1.81 bits per heavy atom. The van der Waals surface area contributed by atoms with E-state index in [1.165, 1.54) is 11.8 Å². The van der Waals surface area contributed by atoms with Gasteiger partial charge in [0, 0.05) is 31.7 Å². The Labute approximate surface area is 258 Å². The number of thiocarbonyl (C=S) groups is 1. The lowest BCUT2D eigenvalue weighted by atomic mass is 9.91. The Bertz CT molecular complexity index is 1480. The average Bonchev–Trinajstić information content (AvgIpc) is 3.23. The predicted molar refractivity (Wildman–Crippen MR) is 173 cm³/mol. The van der Waals surface area contributed by atoms with Crippen molar-refractivity contribution in [1.82, 2.24) is 9.47 Å². The quantitative estimate of drug-likeness (QED) is 0.248. The number of amides is 1. The number of hydrogen-bond acceptors (Lipinski definition) is 8. The number of nitriles is 1. The van der Waals surface area contributed by atoms with Gasteiger partial charge in [-0.15, -0.1) is 0 Å². The standard InChI is InChI=1S/C32H40N4O4S2/c1-7-8-12-35-29(34-18-20(2)14-21(3)19-34)24(22(4)25(17-33)30(35)37)16-28-31(38)36(32(41)42-28)13-11-23-9-10-26(39-5)27(15-23)40-6/h9-10,15-16,20-21H,7-8,11-14,18-19H2,1-6H3/b28-16+. The first-order valence-corrected chi connectivity index (χ1v) is 15.7. The van der Waals surface area contributed by atoms with Crippen LogP contribution in [0.4, 0.5) is 5.82 Å². The maximum absolute atomic E-state index is 13.7. The van der Waals surface area contributed by atoms with E-state index in [-0.39, 0.29) is 17.0 Å². The van der Waals surface area contributed by atoms with Crippen molar-refractivity contribution in [2.45, 2.75) is 59.9 Å². The number of benzene rings is 1. The Morgan fingerprint density at radius 3 is 2.43 bits per heavy atom. The van der Waals surface area contributed by atoms with Crippen LogP contribution in [0.25, 0.3) is 6.08 Å². The third kappa shape index (κ3) is 6.52. The Kier molecular flexibility index (Phi) is 10.4. The molecule has 0 saturated carbocycles. The molecule has 2 aromatic rings. The first-order chi connectivity index (χ1) is 20.1. The molecule has 2 aliphatic rings. The molecule has 1 aromatic carbocycles. The number of aromatic nitrogens is 1. The molecule has 8 nitrogen and oxygen atoms in total. The van der Waals surface area contributed by atoms with Crippen molar-refractivity contribution in [3.8, 4) is 17.6 Å². The minimum absolute atomic E-state index is 0.128. The Hall–Kier alpha value is -3.29. The highest BCUT2D eigenvalue weighted by molar-refractivity contribution is 8.26. The minimum Gasteiger partial charge on any atom is -0.493 e. The van der Waals surface area contributed by atoms with E-state index >= 15 is 0 Å². The fourth-order valence-electron chi connectivity index (χ4n) is 5.95. The van der Waals surface area contributed by atoms with Crippen LogP contribution in [0.15, 0.2) is 27.9 Å². The maximum atomic E-state index is 13.7. The zero-order valence-electron chi connectivity index (χ0n) is 25.4. The van der Waals surface area contributed by atoms with Gasteiger partial charge in [-0.25, -0.2) is 0 Å². The second-order valence-electron chi connectivity index (χ2n) is 11.3. The molecule has 0 bridgehead atoms. The topological polar surface area (TPSA) is 87.8 Å². The molecule has 1 amide bonds. The van der Waals surface area contributed by atoms with Crippen molar-refractivity contribution >= 4 is 46.1 Å². The lowest BCUT2D eigenvalue weighted by Gasteiger charge is -2.39. The summed E-state index contributed by atoms with van der Waals surface area (Å²) in [6.07, 6.45) is 5.31. The second kappa shape index (κ2) is 13.8. The van der Waals surface area contributed by atoms with Crippen molar-refractivity contribution in [1.29, 1.82) is 5.26 Å². The highest BCUT2D eigenvalue weighted by Gasteiger charge is 2.34. The number of carbonyl (C=O) groups excluding carboxylic acids is 1. The summed E-state index contributed by atoms with van der Waals surface area (Å²) in [5.74, 6) is 2.84. The van der Waals surface area contributed by atoms with Crippen molar-refractivity contribution in [2.24, 2.45) is 11.8 Å². The Morgan fingerprint density at radius 1 is 1.12 bits per heavy atom. The number of anilines is 1. The van der Waals surface area contributed by atoms with Gasteiger partial charge in [0.05, 0.1) is 19.1 Å². The first kappa shape index (κ1) is 31.6. The van der Waals surface area contributed by atoms with Crippen molar-refractivity contribution < 1.29 is 14.3 Å². The number of ether oxygens (including phenoxy) is 2. The largest absolute Gasteiger partial charge is 0.493 e. The van der Waals surface area contributed by atoms with E-state index in [0.717, 1.165) is 49.3 Å². The van der Waals surface area contributed by atoms with Crippen LogP contribution in [0.5, 0.6) is 11.5 Å². The number of pyridine rings is 1. The number of nitrogens with zero attached hydrogens (tertiary/aromatic N) is 4. The van der Waals surface area contributed by atoms with E-state index in [1.54, 1.807) is 23.7 Å². The molecule has 10 heteroatoms. The summed E-state index contributed by atoms with van der Waals surface area (Å²) in [5, 5.41) is 9.99. The number of methoxy groups -OCH3 is 2. The molecule has 0 N–H and O–H groups in total. The predicted octanol–water partition coefficient (Wildman–Crippen LogP) is 5.77. The molecule has 2 fully saturated rings. The fourth-order valence-corrected chi connectivity index (χ4v) is 7.24. The van der Waals surface area contributed by atoms with Gasteiger partial charge in [-0.3, -0.25) is 19.1 Å². The smallest absolute Gasteiger partial charge is 0.270 e. The van der Waals surface area contributed by atoms with Crippen LogP contribution in [0.2, 0.25) is 0 Å². The van der Waals surface area contributed by atoms with Crippen LogP contribution < -0.4 is 19.9 Å². The summed E-state index contributed by atoms with van der Waals surface area (Å²) in [7, 11) is 3.19. The summed E-state index contributed by atoms with van der Waals surface area (Å²) in [5.41, 5.74) is 2.22. The van der Waals surface area contributed by atoms with Gasteiger partial charge in [0.25, 0.3) is 11.5 Å². The molecular weight excluding hydrogens is 569 g/mol. The molecule has 224 valence electrons. The maximum Gasteiger partial charge on any atom is 0.270 e. The normalized spacial score (nSPS) is 19.9. The van der Waals surface area contributed by atoms with E-state index < -0.39 is 0 Å². The third-order valence-corrected chi connectivity index (χ3v) is 9.35. The molecule has 0 aliphatic carbocycles. The van der Waals surface area contributed by atoms with Crippen LogP contribution in [-0.2, 0) is 17.8 Å². The fraction of sp³-hybridized carbons (Fsp3) is 0.500. The van der Waals surface area contributed by atoms with Crippen LogP contribution in [0, 0.1) is 30.1 Å². The summed E-state index contributed by atoms with van der Waals surface area (Å²) in [4.78, 5) is 31.7. The van der Waals surface area contributed by atoms with E-state index in [9.17, 15) is 14.9 Å². The van der Waals surface area contributed by atoms with Gasteiger partial charge in [-0.2, -0.15) is 5.26 Å². The summed E-state index contributed by atoms with van der Waals surface area (Å²) >= 11 is 6.92. The second-order valence-corrected chi connectivity index (χ2v) is 13.0. The van der Waals surface area contributed by atoms with Gasteiger partial charge in [0.2, 0.25) is 0 Å². The van der Waals surface area contributed by atoms with Crippen LogP contribution in [0.1, 0.15) is 62.3 Å². The third-order valence-electron chi connectivity index (χ3n) is 7.97. The van der Waals surface area contributed by atoms with Gasteiger partial charge >= 0.3 is 0 Å². The number of thioether (sulfide) groups is 1. The molecule has 0 radical (unpaired) electrons. The number of rotatable bonds is 10. The van der Waals surface area contributed by atoms with Gasteiger partial charge < -0.3 is 14.4 Å². The van der Waals surface area contributed by atoms with Crippen LogP contribution in [0.3, 0.4) is 0 Å². The van der Waals surface area contributed by atoms with Crippen molar-refractivity contribution in [3.63, 3.8) is 0 Å². The number of hydrogen-bond donors (Lipinski definition) is 0. The molecule has 0 spiro atoms. The van der Waals surface area contributed by atoms with Crippen molar-refractivity contribution in [3.05, 3.63) is 55.7 Å². The average molecular weight is 609 g/mol. The zero-order chi connectivity index (χ0) is 30.6. The minimum atomic E-state index is -0.260. The number of carbonyl (C=O) groups is 1. The summed E-state index contributed by atoms with van der Waals surface area (Å²) in [6, 6.07) is 7.86. The van der Waals surface area contributed by atoms with Crippen LogP contribution in [-0.4, -0.2) is 53.5 Å². The van der Waals surface area contributed by atoms with Gasteiger partial charge in [-0.1, -0.05) is 57.2 Å². The molecular formula is C32H40N4O4S2. The molecule has 2 saturated heterocycles. The zero-order valence-corrected chi connectivity index (χ0v) is 27.0. The monoisotopic (exact) mass is 608 g/mol. The summed E-state index contributed by atoms with van der Waals surface area (Å²) in [6.45, 7) is 10.9. The molecule has 2 unspecified atom stereocenters. The van der Waals surface area contributed by atoms with Crippen LogP contribution >= 0.6 is 24.0 Å². The lowest BCUT2D eigenvalue weighted by molar-refractivity contribution is -0.122. The molecule has 1 aromatic heterocycles. The molecule has 2 aliphatic heterocycles. The molecule has 42 heavy (non-hydrogen) atoms. The van der Waals surface area contributed by atoms with E-state index in [0.29, 0.717) is 57.6 Å².